The van der Waals surface area contributed by atoms with Crippen molar-refractivity contribution in [1.29, 1.82) is 5.26 Å². The number of esters is 2. The van der Waals surface area contributed by atoms with Crippen molar-refractivity contribution in [2.45, 2.75) is 5.92 Å². The molecule has 1 aliphatic rings. The lowest BCUT2D eigenvalue weighted by Gasteiger charge is -2.26. The third kappa shape index (κ3) is 5.69. The van der Waals surface area contributed by atoms with Crippen molar-refractivity contribution in [3.8, 4) is 23.3 Å². The first-order valence-corrected chi connectivity index (χ1v) is 12.7. The number of carbonyl (C=O) groups excluding carboxylic acids is 2. The largest absolute Gasteiger partial charge is 0.479 e. The van der Waals surface area contributed by atoms with Crippen LogP contribution in [-0.4, -0.2) is 25.7 Å². The van der Waals surface area contributed by atoms with E-state index < -0.39 is 24.5 Å². The van der Waals surface area contributed by atoms with Gasteiger partial charge in [-0.3, -0.25) is 0 Å². The zero-order chi connectivity index (χ0) is 28.4. The lowest BCUT2D eigenvalue weighted by molar-refractivity contribution is -0.136. The van der Waals surface area contributed by atoms with Crippen molar-refractivity contribution >= 4 is 69.9 Å². The van der Waals surface area contributed by atoms with Gasteiger partial charge < -0.3 is 24.7 Å². The Balaban J connectivity index is 1.56. The van der Waals surface area contributed by atoms with Gasteiger partial charge in [-0.1, -0.05) is 76.2 Å². The minimum absolute atomic E-state index is 0.0529. The number of benzene rings is 3. The Kier molecular flexibility index (Phi) is 8.70. The van der Waals surface area contributed by atoms with Crippen molar-refractivity contribution in [2.75, 3.05) is 13.7 Å². The average molecular weight is 629 g/mol. The van der Waals surface area contributed by atoms with Crippen LogP contribution in [-0.2, 0) is 9.53 Å². The molecular formula is C26H15Cl5N2O6. The highest BCUT2D eigenvalue weighted by molar-refractivity contribution is 6.55. The Morgan fingerprint density at radius 1 is 0.974 bits per heavy atom. The molecule has 0 bridgehead atoms. The van der Waals surface area contributed by atoms with E-state index in [1.54, 1.807) is 30.3 Å². The molecule has 2 N–H and O–H groups in total. The minimum Gasteiger partial charge on any atom is -0.479 e. The number of hydrogen-bond donors (Lipinski definition) is 1. The highest BCUT2D eigenvalue weighted by atomic mass is 35.5. The number of nitriles is 1. The molecule has 4 rings (SSSR count). The van der Waals surface area contributed by atoms with Gasteiger partial charge in [-0.05, 0) is 23.8 Å². The van der Waals surface area contributed by atoms with E-state index in [0.717, 1.165) is 0 Å². The maximum absolute atomic E-state index is 12.5. The van der Waals surface area contributed by atoms with Gasteiger partial charge in [-0.2, -0.15) is 5.26 Å². The second kappa shape index (κ2) is 11.8. The molecule has 3 aromatic carbocycles. The summed E-state index contributed by atoms with van der Waals surface area (Å²) < 4.78 is 21.1. The van der Waals surface area contributed by atoms with Gasteiger partial charge in [-0.25, -0.2) is 9.59 Å². The molecule has 0 aromatic heterocycles. The SMILES string of the molecule is COC(=O)c1ccc(C2C(C#N)=C(N)Oc3cc(OC(=O)COc4c(Cl)c(Cl)c(Cl)c(Cl)c4Cl)ccc32)cc1. The summed E-state index contributed by atoms with van der Waals surface area (Å²) in [6.07, 6.45) is 0. The summed E-state index contributed by atoms with van der Waals surface area (Å²) in [5.74, 6) is -1.77. The van der Waals surface area contributed by atoms with Crippen LogP contribution in [0.1, 0.15) is 27.4 Å². The van der Waals surface area contributed by atoms with Crippen molar-refractivity contribution < 1.29 is 28.5 Å². The molecule has 3 aromatic rings. The Morgan fingerprint density at radius 3 is 2.18 bits per heavy atom. The molecule has 0 aliphatic carbocycles. The number of nitrogens with two attached hydrogens (primary N) is 1. The van der Waals surface area contributed by atoms with Crippen molar-refractivity contribution in [2.24, 2.45) is 5.73 Å². The van der Waals surface area contributed by atoms with Crippen LogP contribution in [0.15, 0.2) is 53.9 Å². The molecule has 0 spiro atoms. The molecule has 0 radical (unpaired) electrons. The summed E-state index contributed by atoms with van der Waals surface area (Å²) in [6.45, 7) is -0.596. The van der Waals surface area contributed by atoms with Gasteiger partial charge in [0.15, 0.2) is 12.4 Å². The first-order chi connectivity index (χ1) is 18.6. The Morgan fingerprint density at radius 2 is 1.59 bits per heavy atom. The Hall–Kier alpha value is -3.32. The second-order valence-electron chi connectivity index (χ2n) is 7.90. The van der Waals surface area contributed by atoms with Crippen LogP contribution >= 0.6 is 58.0 Å². The van der Waals surface area contributed by atoms with E-state index in [0.29, 0.717) is 16.7 Å². The van der Waals surface area contributed by atoms with Crippen LogP contribution in [0.2, 0.25) is 25.1 Å². The number of methoxy groups -OCH3 is 1. The monoisotopic (exact) mass is 626 g/mol. The van der Waals surface area contributed by atoms with Crippen LogP contribution in [0.4, 0.5) is 0 Å². The molecule has 0 saturated carbocycles. The van der Waals surface area contributed by atoms with Crippen LogP contribution in [0, 0.1) is 11.3 Å². The molecule has 13 heteroatoms. The quantitative estimate of drug-likeness (QED) is 0.135. The molecule has 0 saturated heterocycles. The molecule has 1 heterocycles. The van der Waals surface area contributed by atoms with E-state index in [2.05, 4.69) is 6.07 Å². The summed E-state index contributed by atoms with van der Waals surface area (Å²) in [6, 6.07) is 13.2. The molecule has 0 amide bonds. The molecular weight excluding hydrogens is 614 g/mol. The molecule has 200 valence electrons. The summed E-state index contributed by atoms with van der Waals surface area (Å²) in [7, 11) is 1.28. The van der Waals surface area contributed by atoms with E-state index in [-0.39, 0.29) is 53.8 Å². The summed E-state index contributed by atoms with van der Waals surface area (Å²) >= 11 is 30.2. The van der Waals surface area contributed by atoms with Gasteiger partial charge in [0.2, 0.25) is 5.88 Å². The molecule has 1 aliphatic heterocycles. The molecule has 8 nitrogen and oxygen atoms in total. The van der Waals surface area contributed by atoms with Crippen molar-refractivity contribution in [1.82, 2.24) is 0 Å². The number of rotatable bonds is 6. The number of nitrogens with zero attached hydrogens (tertiary/aromatic N) is 1. The average Bonchev–Trinajstić information content (AvgIpc) is 2.93. The third-order valence-electron chi connectivity index (χ3n) is 5.59. The lowest BCUT2D eigenvalue weighted by atomic mass is 9.83. The van der Waals surface area contributed by atoms with Crippen molar-refractivity contribution in [3.63, 3.8) is 0 Å². The van der Waals surface area contributed by atoms with Gasteiger partial charge in [0.25, 0.3) is 0 Å². The summed E-state index contributed by atoms with van der Waals surface area (Å²) in [5.41, 5.74) is 7.83. The predicted molar refractivity (Wildman–Crippen MR) is 146 cm³/mol. The Labute approximate surface area is 247 Å². The van der Waals surface area contributed by atoms with Crippen LogP contribution in [0.5, 0.6) is 17.2 Å². The normalized spacial score (nSPS) is 14.1. The van der Waals surface area contributed by atoms with Gasteiger partial charge >= 0.3 is 11.9 Å². The number of hydrogen-bond acceptors (Lipinski definition) is 8. The fraction of sp³-hybridized carbons (Fsp3) is 0.115. The summed E-state index contributed by atoms with van der Waals surface area (Å²) in [5, 5.41) is 9.29. The smallest absolute Gasteiger partial charge is 0.349 e. The number of fused-ring (bicyclic) bond motifs is 1. The van der Waals surface area contributed by atoms with Crippen LogP contribution in [0.25, 0.3) is 0 Å². The number of allylic oxidation sites excluding steroid dienone is 1. The van der Waals surface area contributed by atoms with Crippen LogP contribution < -0.4 is 19.9 Å². The highest BCUT2D eigenvalue weighted by Gasteiger charge is 2.31. The fourth-order valence-electron chi connectivity index (χ4n) is 3.78. The number of carbonyl (C=O) groups is 2. The topological polar surface area (TPSA) is 121 Å². The minimum atomic E-state index is -0.809. The fourth-order valence-corrected chi connectivity index (χ4v) is 5.01. The van der Waals surface area contributed by atoms with Crippen molar-refractivity contribution in [3.05, 3.63) is 95.7 Å². The summed E-state index contributed by atoms with van der Waals surface area (Å²) in [4.78, 5) is 24.3. The van der Waals surface area contributed by atoms with E-state index in [4.69, 9.17) is 82.7 Å². The zero-order valence-corrected chi connectivity index (χ0v) is 23.5. The second-order valence-corrected chi connectivity index (χ2v) is 9.79. The Bertz CT molecular complexity index is 1540. The first-order valence-electron chi connectivity index (χ1n) is 10.8. The maximum Gasteiger partial charge on any atom is 0.349 e. The maximum atomic E-state index is 12.5. The number of halogens is 5. The van der Waals surface area contributed by atoms with E-state index in [9.17, 15) is 14.9 Å². The number of ether oxygens (including phenoxy) is 4. The standard InChI is InChI=1S/C26H15Cl5N2O6/c1-36-26(35)12-4-2-11(3-5-12)18-14-7-6-13(8-16(14)39-25(33)15(18)9-32)38-17(34)10-37-24-22(30)20(28)19(27)21(29)23(24)31/h2-8,18H,10,33H2,1H3. The third-order valence-corrected chi connectivity index (χ3v) is 7.83. The van der Waals surface area contributed by atoms with Gasteiger partial charge in [-0.15, -0.1) is 0 Å². The van der Waals surface area contributed by atoms with E-state index >= 15 is 0 Å². The van der Waals surface area contributed by atoms with E-state index in [1.165, 1.54) is 19.2 Å². The molecule has 39 heavy (non-hydrogen) atoms. The zero-order valence-electron chi connectivity index (χ0n) is 19.7. The highest BCUT2D eigenvalue weighted by Crippen LogP contribution is 2.48. The predicted octanol–water partition coefficient (Wildman–Crippen LogP) is 6.94. The van der Waals surface area contributed by atoms with E-state index in [1.807, 2.05) is 0 Å². The van der Waals surface area contributed by atoms with Gasteiger partial charge in [0.1, 0.15) is 33.2 Å². The molecule has 0 fully saturated rings. The van der Waals surface area contributed by atoms with Gasteiger partial charge in [0, 0.05) is 11.6 Å². The van der Waals surface area contributed by atoms with Crippen LogP contribution in [0.3, 0.4) is 0 Å². The molecule has 1 atom stereocenters. The lowest BCUT2D eigenvalue weighted by Crippen LogP contribution is -2.22. The first kappa shape index (κ1) is 28.7. The molecule has 1 unspecified atom stereocenters. The van der Waals surface area contributed by atoms with Gasteiger partial charge in [0.05, 0.1) is 33.7 Å².